The number of benzene rings is 4. The second-order valence-electron chi connectivity index (χ2n) is 9.25. The summed E-state index contributed by atoms with van der Waals surface area (Å²) in [5.74, 6) is -1.15. The van der Waals surface area contributed by atoms with Crippen molar-refractivity contribution in [3.8, 4) is 0 Å². The number of esters is 2. The molecule has 4 aromatic carbocycles. The first-order valence-corrected chi connectivity index (χ1v) is 13.6. The van der Waals surface area contributed by atoms with Gasteiger partial charge in [0.05, 0.1) is 23.4 Å². The van der Waals surface area contributed by atoms with Gasteiger partial charge < -0.3 is 14.4 Å². The molecule has 0 radical (unpaired) electrons. The van der Waals surface area contributed by atoms with Crippen LogP contribution in [0, 0.1) is 0 Å². The van der Waals surface area contributed by atoms with Crippen LogP contribution >= 0.6 is 0 Å². The first-order valence-electron chi connectivity index (χ1n) is 13.6. The number of anilines is 2. The summed E-state index contributed by atoms with van der Waals surface area (Å²) in [5.41, 5.74) is 5.22. The van der Waals surface area contributed by atoms with Crippen LogP contribution in [-0.4, -0.2) is 25.2 Å². The van der Waals surface area contributed by atoms with Gasteiger partial charge in [0.1, 0.15) is 6.61 Å². The lowest BCUT2D eigenvalue weighted by Crippen LogP contribution is -2.17. The van der Waals surface area contributed by atoms with Crippen LogP contribution in [0.1, 0.15) is 28.4 Å². The molecule has 5 nitrogen and oxygen atoms in total. The molecule has 0 aromatic heterocycles. The molecule has 210 valence electrons. The molecule has 4 rings (SSSR count). The van der Waals surface area contributed by atoms with Crippen LogP contribution in [0.15, 0.2) is 141 Å². The molecule has 42 heavy (non-hydrogen) atoms. The molecule has 0 spiro atoms. The number of carbonyl (C=O) groups is 2. The summed E-state index contributed by atoms with van der Waals surface area (Å²) in [7, 11) is 0. The van der Waals surface area contributed by atoms with E-state index in [0.717, 1.165) is 39.0 Å². The largest absolute Gasteiger partial charge is 0.463 e. The van der Waals surface area contributed by atoms with Crippen LogP contribution < -0.4 is 4.90 Å². The molecule has 0 aliphatic carbocycles. The van der Waals surface area contributed by atoms with Crippen molar-refractivity contribution in [1.82, 2.24) is 0 Å². The second-order valence-corrected chi connectivity index (χ2v) is 9.25. The van der Waals surface area contributed by atoms with Gasteiger partial charge in [-0.05, 0) is 65.7 Å². The van der Waals surface area contributed by atoms with E-state index >= 15 is 0 Å². The SMILES string of the molecule is C=C/C=C\c1cccc2c(/C(=C\C=C)N(c3ccccc3)c3ccc(C(=O)OCC(=C)C(=O)OCC)cc3)cccc12. The zero-order chi connectivity index (χ0) is 29.9. The second kappa shape index (κ2) is 14.3. The van der Waals surface area contributed by atoms with Gasteiger partial charge in [0.25, 0.3) is 0 Å². The summed E-state index contributed by atoms with van der Waals surface area (Å²) < 4.78 is 10.2. The standard InChI is InChI=1S/C37H33NO4/c1-5-8-15-28-16-12-20-33-32(28)19-13-21-34(33)35(14-6-2)38(30-17-10-9-11-18-30)31-24-22-29(23-25-31)37(40)42-26-27(4)36(39)41-7-3/h5-6,8-25H,1-2,4,7,26H2,3H3/b15-8-,35-14+. The maximum Gasteiger partial charge on any atom is 0.338 e. The summed E-state index contributed by atoms with van der Waals surface area (Å²) in [6.07, 6.45) is 9.49. The van der Waals surface area contributed by atoms with Crippen molar-refractivity contribution in [2.75, 3.05) is 18.1 Å². The molecule has 0 atom stereocenters. The van der Waals surface area contributed by atoms with E-state index in [-0.39, 0.29) is 18.8 Å². The number of allylic oxidation sites excluding steroid dienone is 4. The van der Waals surface area contributed by atoms with Gasteiger partial charge in [0.2, 0.25) is 0 Å². The Kier molecular flexibility index (Phi) is 10.1. The van der Waals surface area contributed by atoms with Crippen LogP contribution in [0.4, 0.5) is 11.4 Å². The molecule has 0 unspecified atom stereocenters. The molecule has 0 aliphatic rings. The normalized spacial score (nSPS) is 11.2. The monoisotopic (exact) mass is 555 g/mol. The predicted octanol–water partition coefficient (Wildman–Crippen LogP) is 8.68. The molecule has 0 fully saturated rings. The van der Waals surface area contributed by atoms with Gasteiger partial charge in [0.15, 0.2) is 0 Å². The van der Waals surface area contributed by atoms with Crippen molar-refractivity contribution < 1.29 is 19.1 Å². The quantitative estimate of drug-likeness (QED) is 0.0994. The molecule has 0 amide bonds. The molecular formula is C37H33NO4. The van der Waals surface area contributed by atoms with Crippen molar-refractivity contribution in [3.05, 3.63) is 157 Å². The highest BCUT2D eigenvalue weighted by molar-refractivity contribution is 6.03. The summed E-state index contributed by atoms with van der Waals surface area (Å²) in [6.45, 7) is 13.1. The average molecular weight is 556 g/mol. The van der Waals surface area contributed by atoms with E-state index in [0.29, 0.717) is 5.56 Å². The molecule has 0 saturated heterocycles. The topological polar surface area (TPSA) is 55.8 Å². The van der Waals surface area contributed by atoms with Gasteiger partial charge in [-0.2, -0.15) is 0 Å². The third kappa shape index (κ3) is 6.83. The zero-order valence-electron chi connectivity index (χ0n) is 23.7. The number of fused-ring (bicyclic) bond motifs is 1. The van der Waals surface area contributed by atoms with Gasteiger partial charge in [-0.1, -0.05) is 98.6 Å². The summed E-state index contributed by atoms with van der Waals surface area (Å²) in [6, 6.07) is 29.6. The highest BCUT2D eigenvalue weighted by Crippen LogP contribution is 2.38. The van der Waals surface area contributed by atoms with Crippen molar-refractivity contribution >= 4 is 45.9 Å². The minimum atomic E-state index is -0.585. The van der Waals surface area contributed by atoms with E-state index in [1.807, 2.05) is 72.8 Å². The van der Waals surface area contributed by atoms with E-state index in [2.05, 4.69) is 48.9 Å². The molecular weight excluding hydrogens is 522 g/mol. The average Bonchev–Trinajstić information content (AvgIpc) is 3.03. The Bertz CT molecular complexity index is 1660. The van der Waals surface area contributed by atoms with Gasteiger partial charge in [0, 0.05) is 16.9 Å². The van der Waals surface area contributed by atoms with Crippen LogP contribution in [0.5, 0.6) is 0 Å². The maximum atomic E-state index is 12.7. The van der Waals surface area contributed by atoms with Gasteiger partial charge >= 0.3 is 11.9 Å². The highest BCUT2D eigenvalue weighted by atomic mass is 16.5. The van der Waals surface area contributed by atoms with E-state index < -0.39 is 11.9 Å². The molecule has 5 heteroatoms. The Morgan fingerprint density at radius 2 is 1.48 bits per heavy atom. The Labute approximate surface area is 247 Å². The summed E-state index contributed by atoms with van der Waals surface area (Å²) >= 11 is 0. The number of hydrogen-bond acceptors (Lipinski definition) is 5. The third-order valence-electron chi connectivity index (χ3n) is 6.48. The lowest BCUT2D eigenvalue weighted by Gasteiger charge is -2.29. The first-order chi connectivity index (χ1) is 20.5. The van der Waals surface area contributed by atoms with Crippen LogP contribution in [0.3, 0.4) is 0 Å². The van der Waals surface area contributed by atoms with Crippen LogP contribution in [0.2, 0.25) is 0 Å². The minimum Gasteiger partial charge on any atom is -0.463 e. The summed E-state index contributed by atoms with van der Waals surface area (Å²) in [4.78, 5) is 26.6. The zero-order valence-corrected chi connectivity index (χ0v) is 23.7. The minimum absolute atomic E-state index is 0.0782. The number of hydrogen-bond donors (Lipinski definition) is 0. The Balaban J connectivity index is 1.74. The van der Waals surface area contributed by atoms with Gasteiger partial charge in [-0.25, -0.2) is 9.59 Å². The molecule has 4 aromatic rings. The fourth-order valence-corrected chi connectivity index (χ4v) is 4.55. The van der Waals surface area contributed by atoms with Crippen molar-refractivity contribution in [1.29, 1.82) is 0 Å². The lowest BCUT2D eigenvalue weighted by molar-refractivity contribution is -0.138. The molecule has 0 heterocycles. The maximum absolute atomic E-state index is 12.7. The van der Waals surface area contributed by atoms with Crippen molar-refractivity contribution in [2.45, 2.75) is 6.92 Å². The molecule has 0 saturated carbocycles. The van der Waals surface area contributed by atoms with Gasteiger partial charge in [-0.3, -0.25) is 0 Å². The van der Waals surface area contributed by atoms with Crippen LogP contribution in [-0.2, 0) is 14.3 Å². The Morgan fingerprint density at radius 1 is 0.786 bits per heavy atom. The molecule has 0 bridgehead atoms. The fourth-order valence-electron chi connectivity index (χ4n) is 4.55. The number of ether oxygens (including phenoxy) is 2. The lowest BCUT2D eigenvalue weighted by atomic mass is 9.96. The van der Waals surface area contributed by atoms with E-state index in [9.17, 15) is 9.59 Å². The first kappa shape index (κ1) is 29.6. The Morgan fingerprint density at radius 3 is 2.17 bits per heavy atom. The number of nitrogens with zero attached hydrogens (tertiary/aromatic N) is 1. The fraction of sp³-hybridized carbons (Fsp3) is 0.0811. The molecule has 0 aliphatic heterocycles. The van der Waals surface area contributed by atoms with Crippen LogP contribution in [0.25, 0.3) is 22.5 Å². The predicted molar refractivity (Wildman–Crippen MR) is 172 cm³/mol. The van der Waals surface area contributed by atoms with E-state index in [1.165, 1.54) is 0 Å². The number of carbonyl (C=O) groups excluding carboxylic acids is 2. The van der Waals surface area contributed by atoms with E-state index in [1.54, 1.807) is 31.2 Å². The molecule has 0 N–H and O–H groups in total. The third-order valence-corrected chi connectivity index (χ3v) is 6.48. The van der Waals surface area contributed by atoms with Crippen molar-refractivity contribution in [2.24, 2.45) is 0 Å². The summed E-state index contributed by atoms with van der Waals surface area (Å²) in [5, 5.41) is 2.19. The van der Waals surface area contributed by atoms with Crippen molar-refractivity contribution in [3.63, 3.8) is 0 Å². The van der Waals surface area contributed by atoms with Gasteiger partial charge in [-0.15, -0.1) is 0 Å². The smallest absolute Gasteiger partial charge is 0.338 e. The highest BCUT2D eigenvalue weighted by Gasteiger charge is 2.20. The van der Waals surface area contributed by atoms with E-state index in [4.69, 9.17) is 9.47 Å². The Hall–Kier alpha value is -5.42. The number of para-hydroxylation sites is 1. The number of rotatable bonds is 12.